The minimum atomic E-state index is -0.999. The third-order valence-electron chi connectivity index (χ3n) is 2.98. The van der Waals surface area contributed by atoms with Gasteiger partial charge in [0.25, 0.3) is 0 Å². The van der Waals surface area contributed by atoms with Gasteiger partial charge in [0, 0.05) is 18.3 Å². The van der Waals surface area contributed by atoms with Gasteiger partial charge in [0.05, 0.1) is 11.6 Å². The van der Waals surface area contributed by atoms with Gasteiger partial charge in [-0.25, -0.2) is 8.78 Å². The number of hydrogen-bond donors (Lipinski definition) is 0. The van der Waals surface area contributed by atoms with Crippen LogP contribution in [-0.2, 0) is 9.59 Å². The van der Waals surface area contributed by atoms with E-state index < -0.39 is 11.6 Å². The van der Waals surface area contributed by atoms with Gasteiger partial charge in [-0.3, -0.25) is 9.59 Å². The number of carbonyl (C=O) groups excluding carboxylic acids is 2. The van der Waals surface area contributed by atoms with Gasteiger partial charge in [0.15, 0.2) is 11.6 Å². The van der Waals surface area contributed by atoms with E-state index in [0.29, 0.717) is 18.2 Å². The average molecular weight is 300 g/mol. The van der Waals surface area contributed by atoms with Gasteiger partial charge >= 0.3 is 0 Å². The van der Waals surface area contributed by atoms with Crippen LogP contribution in [0.4, 0.5) is 14.5 Å². The zero-order valence-corrected chi connectivity index (χ0v) is 11.8. The van der Waals surface area contributed by atoms with Crippen LogP contribution in [0.5, 0.6) is 0 Å². The Morgan fingerprint density at radius 2 is 2.15 bits per heavy atom. The molecule has 2 amide bonds. The van der Waals surface area contributed by atoms with Crippen molar-refractivity contribution in [2.24, 2.45) is 0 Å². The molecule has 0 N–H and O–H groups in total. The van der Waals surface area contributed by atoms with E-state index in [-0.39, 0.29) is 24.0 Å². The number of carbonyl (C=O) groups is 2. The molecule has 0 bridgehead atoms. The molecule has 20 heavy (non-hydrogen) atoms. The van der Waals surface area contributed by atoms with Crippen molar-refractivity contribution < 1.29 is 18.4 Å². The number of halogens is 2. The monoisotopic (exact) mass is 300 g/mol. The summed E-state index contributed by atoms with van der Waals surface area (Å²) in [5.41, 5.74) is 0.288. The minimum Gasteiger partial charge on any atom is -0.323 e. The predicted molar refractivity (Wildman–Crippen MR) is 73.4 cm³/mol. The van der Waals surface area contributed by atoms with E-state index in [4.69, 9.17) is 0 Å². The largest absolute Gasteiger partial charge is 0.323 e. The highest BCUT2D eigenvalue weighted by molar-refractivity contribution is 8.00. The van der Waals surface area contributed by atoms with E-state index in [1.165, 1.54) is 27.6 Å². The van der Waals surface area contributed by atoms with Crippen LogP contribution in [0.1, 0.15) is 6.92 Å². The highest BCUT2D eigenvalue weighted by Gasteiger charge is 2.25. The molecule has 1 aromatic rings. The first-order chi connectivity index (χ1) is 9.52. The van der Waals surface area contributed by atoms with Crippen LogP contribution in [0.25, 0.3) is 0 Å². The van der Waals surface area contributed by atoms with Crippen molar-refractivity contribution in [2.75, 3.05) is 29.6 Å². The molecule has 0 unspecified atom stereocenters. The highest BCUT2D eigenvalue weighted by Crippen LogP contribution is 2.20. The second-order valence-electron chi connectivity index (χ2n) is 4.31. The summed E-state index contributed by atoms with van der Waals surface area (Å²) < 4.78 is 26.1. The molecule has 0 saturated carbocycles. The van der Waals surface area contributed by atoms with E-state index in [2.05, 4.69) is 0 Å². The number of likely N-dealkylation sites (N-methyl/N-ethyl adjacent to an activating group) is 1. The number of thioether (sulfide) groups is 1. The fraction of sp³-hybridized carbons (Fsp3) is 0.385. The first kappa shape index (κ1) is 14.8. The molecule has 1 heterocycles. The zero-order valence-electron chi connectivity index (χ0n) is 10.9. The lowest BCUT2D eigenvalue weighted by Gasteiger charge is -2.24. The average Bonchev–Trinajstić information content (AvgIpc) is 2.80. The van der Waals surface area contributed by atoms with Crippen LogP contribution >= 0.6 is 11.8 Å². The van der Waals surface area contributed by atoms with Crippen LogP contribution in [0.15, 0.2) is 18.2 Å². The summed E-state index contributed by atoms with van der Waals surface area (Å²) in [5.74, 6) is -1.48. The molecule has 1 aliphatic rings. The minimum absolute atomic E-state index is 0.0430. The summed E-state index contributed by atoms with van der Waals surface area (Å²) in [7, 11) is 0. The van der Waals surface area contributed by atoms with Crippen molar-refractivity contribution >= 4 is 29.3 Å². The fourth-order valence-electron chi connectivity index (χ4n) is 1.94. The zero-order chi connectivity index (χ0) is 14.7. The van der Waals surface area contributed by atoms with Crippen LogP contribution in [-0.4, -0.2) is 41.4 Å². The van der Waals surface area contributed by atoms with Crippen LogP contribution in [0.3, 0.4) is 0 Å². The van der Waals surface area contributed by atoms with Crippen molar-refractivity contribution in [1.29, 1.82) is 0 Å². The summed E-state index contributed by atoms with van der Waals surface area (Å²) in [6.45, 7) is 2.01. The Morgan fingerprint density at radius 1 is 1.40 bits per heavy atom. The number of hydrogen-bond acceptors (Lipinski definition) is 3. The quantitative estimate of drug-likeness (QED) is 0.852. The number of rotatable bonds is 4. The molecule has 0 radical (unpaired) electrons. The molecule has 0 aliphatic carbocycles. The molecular formula is C13H14F2N2O2S. The first-order valence-corrected chi connectivity index (χ1v) is 7.29. The lowest BCUT2D eigenvalue weighted by Crippen LogP contribution is -2.41. The molecule has 1 fully saturated rings. The summed E-state index contributed by atoms with van der Waals surface area (Å²) >= 11 is 1.45. The fourth-order valence-corrected chi connectivity index (χ4v) is 2.85. The number of benzene rings is 1. The Balaban J connectivity index is 2.12. The molecule has 7 heteroatoms. The first-order valence-electron chi connectivity index (χ1n) is 6.14. The van der Waals surface area contributed by atoms with Gasteiger partial charge in [-0.05, 0) is 19.1 Å². The Hall–Kier alpha value is -1.63. The van der Waals surface area contributed by atoms with Crippen LogP contribution < -0.4 is 4.90 Å². The van der Waals surface area contributed by atoms with Crippen LogP contribution in [0, 0.1) is 11.6 Å². The molecule has 2 rings (SSSR count). The van der Waals surface area contributed by atoms with Crippen molar-refractivity contribution in [1.82, 2.24) is 4.90 Å². The van der Waals surface area contributed by atoms with Crippen molar-refractivity contribution in [2.45, 2.75) is 6.92 Å². The standard InChI is InChI=1S/C13H14F2N2O2S/c1-2-17(9-3-4-10(14)11(15)5-9)12(18)6-16-8-20-7-13(16)19/h3-5H,2,6-8H2,1H3. The molecule has 0 atom stereocenters. The van der Waals surface area contributed by atoms with E-state index >= 15 is 0 Å². The Morgan fingerprint density at radius 3 is 2.70 bits per heavy atom. The number of nitrogens with zero attached hydrogens (tertiary/aromatic N) is 2. The predicted octanol–water partition coefficient (Wildman–Crippen LogP) is 1.85. The number of amides is 2. The van der Waals surface area contributed by atoms with E-state index in [1.807, 2.05) is 0 Å². The third-order valence-corrected chi connectivity index (χ3v) is 3.93. The molecule has 1 aliphatic heterocycles. The normalized spacial score (nSPS) is 14.8. The summed E-state index contributed by atoms with van der Waals surface area (Å²) in [6, 6.07) is 3.31. The topological polar surface area (TPSA) is 40.6 Å². The van der Waals surface area contributed by atoms with Gasteiger partial charge in [-0.2, -0.15) is 0 Å². The summed E-state index contributed by atoms with van der Waals surface area (Å²) in [6.07, 6.45) is 0. The van der Waals surface area contributed by atoms with E-state index in [0.717, 1.165) is 12.1 Å². The van der Waals surface area contributed by atoms with Gasteiger partial charge in [-0.15, -0.1) is 11.8 Å². The van der Waals surface area contributed by atoms with E-state index in [9.17, 15) is 18.4 Å². The Labute approximate surface area is 119 Å². The Bertz CT molecular complexity index is 539. The van der Waals surface area contributed by atoms with Gasteiger partial charge in [-0.1, -0.05) is 0 Å². The maximum absolute atomic E-state index is 13.2. The van der Waals surface area contributed by atoms with Crippen molar-refractivity contribution in [3.8, 4) is 0 Å². The number of anilines is 1. The van der Waals surface area contributed by atoms with Crippen LogP contribution in [0.2, 0.25) is 0 Å². The van der Waals surface area contributed by atoms with Crippen molar-refractivity contribution in [3.63, 3.8) is 0 Å². The molecule has 1 aromatic carbocycles. The van der Waals surface area contributed by atoms with Crippen molar-refractivity contribution in [3.05, 3.63) is 29.8 Å². The maximum atomic E-state index is 13.2. The van der Waals surface area contributed by atoms with Gasteiger partial charge < -0.3 is 9.80 Å². The second-order valence-corrected chi connectivity index (χ2v) is 5.26. The second kappa shape index (κ2) is 6.21. The molecule has 108 valence electrons. The molecule has 1 saturated heterocycles. The molecule has 0 spiro atoms. The molecular weight excluding hydrogens is 286 g/mol. The van der Waals surface area contributed by atoms with Gasteiger partial charge in [0.1, 0.15) is 6.54 Å². The summed E-state index contributed by atoms with van der Waals surface area (Å²) in [4.78, 5) is 26.4. The lowest BCUT2D eigenvalue weighted by molar-refractivity contribution is -0.131. The van der Waals surface area contributed by atoms with E-state index in [1.54, 1.807) is 6.92 Å². The Kier molecular flexibility index (Phi) is 4.59. The third kappa shape index (κ3) is 3.09. The van der Waals surface area contributed by atoms with Gasteiger partial charge in [0.2, 0.25) is 11.8 Å². The smallest absolute Gasteiger partial charge is 0.246 e. The summed E-state index contributed by atoms with van der Waals surface area (Å²) in [5, 5.41) is 0. The maximum Gasteiger partial charge on any atom is 0.246 e. The lowest BCUT2D eigenvalue weighted by atomic mass is 10.2. The highest BCUT2D eigenvalue weighted by atomic mass is 32.2. The molecule has 4 nitrogen and oxygen atoms in total. The SMILES string of the molecule is CCN(C(=O)CN1CSCC1=O)c1ccc(F)c(F)c1. The molecule has 0 aromatic heterocycles.